The number of allylic oxidation sites excluding steroid dienone is 1. The second-order valence-corrected chi connectivity index (χ2v) is 10.3. The number of hydrogen-bond donors (Lipinski definition) is 0. The van der Waals surface area contributed by atoms with Crippen LogP contribution < -0.4 is 10.3 Å². The number of carbonyl (C=O) groups is 1. The van der Waals surface area contributed by atoms with E-state index in [2.05, 4.69) is 67.3 Å². The number of carbonyl (C=O) groups excluding carboxylic acids is 1. The number of pyridine rings is 1. The minimum absolute atomic E-state index is 0.0854. The lowest BCUT2D eigenvalue weighted by Crippen LogP contribution is -2.58. The average molecular weight is 498 g/mol. The van der Waals surface area contributed by atoms with E-state index in [0.717, 1.165) is 58.8 Å². The third-order valence-electron chi connectivity index (χ3n) is 7.67. The van der Waals surface area contributed by atoms with Crippen LogP contribution in [0.5, 0.6) is 5.75 Å². The molecule has 0 unspecified atom stereocenters. The topological polar surface area (TPSA) is 54.8 Å². The van der Waals surface area contributed by atoms with E-state index in [-0.39, 0.29) is 11.5 Å². The number of benzene rings is 2. The van der Waals surface area contributed by atoms with Crippen molar-refractivity contribution in [1.29, 1.82) is 0 Å². The molecule has 1 fully saturated rings. The minimum atomic E-state index is 0.0854. The number of piperazine rings is 1. The molecule has 1 aliphatic carbocycles. The molecule has 37 heavy (non-hydrogen) atoms. The quantitative estimate of drug-likeness (QED) is 0.499. The van der Waals surface area contributed by atoms with E-state index in [1.807, 2.05) is 30.3 Å². The van der Waals surface area contributed by atoms with Gasteiger partial charge >= 0.3 is 0 Å². The summed E-state index contributed by atoms with van der Waals surface area (Å²) in [5, 5.41) is 0. The van der Waals surface area contributed by atoms with Gasteiger partial charge in [0, 0.05) is 63.0 Å². The maximum absolute atomic E-state index is 12.4. The van der Waals surface area contributed by atoms with Gasteiger partial charge in [0.2, 0.25) is 5.91 Å². The van der Waals surface area contributed by atoms with Gasteiger partial charge < -0.3 is 14.2 Å². The molecule has 3 aromatic rings. The highest BCUT2D eigenvalue weighted by molar-refractivity contribution is 5.80. The summed E-state index contributed by atoms with van der Waals surface area (Å²) in [6.45, 7) is 8.99. The molecule has 0 radical (unpaired) electrons. The second-order valence-electron chi connectivity index (χ2n) is 10.3. The van der Waals surface area contributed by atoms with Crippen LogP contribution in [-0.4, -0.2) is 58.6 Å². The standard InChI is InChI=1S/C31H35N3O3/c1-21-18-33(23(3)35)19-22(2)34(21)16-17-37-27-14-12-25(13-15-27)24-8-10-26(11-9-24)30-20-32(4)31(36)29-7-5-6-28(29)30/h5-6,8-15,20-22H,7,16-19H2,1-4H3/t21-,22+. The van der Waals surface area contributed by atoms with Crippen molar-refractivity contribution in [2.45, 2.75) is 39.3 Å². The summed E-state index contributed by atoms with van der Waals surface area (Å²) < 4.78 is 7.74. The minimum Gasteiger partial charge on any atom is -0.492 e. The van der Waals surface area contributed by atoms with Crippen LogP contribution in [0.1, 0.15) is 31.9 Å². The Labute approximate surface area is 218 Å². The van der Waals surface area contributed by atoms with Crippen molar-refractivity contribution < 1.29 is 9.53 Å². The fraction of sp³-hybridized carbons (Fsp3) is 0.355. The molecule has 2 aromatic carbocycles. The molecular formula is C31H35N3O3. The Morgan fingerprint density at radius 3 is 2.16 bits per heavy atom. The maximum Gasteiger partial charge on any atom is 0.254 e. The molecule has 1 saturated heterocycles. The number of aromatic nitrogens is 1. The molecule has 6 nitrogen and oxygen atoms in total. The van der Waals surface area contributed by atoms with Crippen molar-refractivity contribution in [3.8, 4) is 28.0 Å². The molecule has 1 amide bonds. The monoisotopic (exact) mass is 497 g/mol. The van der Waals surface area contributed by atoms with Crippen molar-refractivity contribution in [3.63, 3.8) is 0 Å². The molecule has 0 saturated carbocycles. The first-order valence-corrected chi connectivity index (χ1v) is 13.1. The van der Waals surface area contributed by atoms with E-state index in [9.17, 15) is 9.59 Å². The molecule has 5 rings (SSSR count). The van der Waals surface area contributed by atoms with Gasteiger partial charge in [0.25, 0.3) is 5.56 Å². The number of hydrogen-bond acceptors (Lipinski definition) is 4. The van der Waals surface area contributed by atoms with Crippen molar-refractivity contribution in [3.05, 3.63) is 82.3 Å². The largest absolute Gasteiger partial charge is 0.492 e. The summed E-state index contributed by atoms with van der Waals surface area (Å²) in [4.78, 5) is 28.5. The number of nitrogens with zero attached hydrogens (tertiary/aromatic N) is 3. The van der Waals surface area contributed by atoms with Gasteiger partial charge in [0.1, 0.15) is 12.4 Å². The zero-order chi connectivity index (χ0) is 26.1. The highest BCUT2D eigenvalue weighted by Crippen LogP contribution is 2.31. The number of fused-ring (bicyclic) bond motifs is 1. The highest BCUT2D eigenvalue weighted by Gasteiger charge is 2.30. The van der Waals surface area contributed by atoms with Crippen LogP contribution in [0.25, 0.3) is 28.3 Å². The van der Waals surface area contributed by atoms with E-state index in [1.165, 1.54) is 0 Å². The average Bonchev–Trinajstić information content (AvgIpc) is 3.38. The molecule has 2 atom stereocenters. The number of ether oxygens (including phenoxy) is 1. The van der Waals surface area contributed by atoms with Gasteiger partial charge in [-0.3, -0.25) is 14.5 Å². The molecule has 6 heteroatoms. The summed E-state index contributed by atoms with van der Waals surface area (Å²) >= 11 is 0. The molecule has 0 spiro atoms. The number of amides is 1. The molecule has 1 aliphatic heterocycles. The third-order valence-corrected chi connectivity index (χ3v) is 7.67. The Bertz CT molecular complexity index is 1360. The Morgan fingerprint density at radius 2 is 1.54 bits per heavy atom. The van der Waals surface area contributed by atoms with Crippen LogP contribution in [0.15, 0.2) is 65.6 Å². The van der Waals surface area contributed by atoms with E-state index in [0.29, 0.717) is 25.1 Å². The fourth-order valence-corrected chi connectivity index (χ4v) is 5.63. The van der Waals surface area contributed by atoms with E-state index in [1.54, 1.807) is 11.5 Å². The smallest absolute Gasteiger partial charge is 0.254 e. The first-order chi connectivity index (χ1) is 17.8. The molecule has 0 bridgehead atoms. The lowest BCUT2D eigenvalue weighted by Gasteiger charge is -2.44. The van der Waals surface area contributed by atoms with Crippen LogP contribution >= 0.6 is 0 Å². The van der Waals surface area contributed by atoms with E-state index < -0.39 is 0 Å². The number of aryl methyl sites for hydroxylation is 1. The SMILES string of the molecule is CC(=O)N1C[C@@H](C)N(CCOc2ccc(-c3ccc(-c4cn(C)c(=O)c5c4C=CC5)cc3)cc2)[C@@H](C)C1. The van der Waals surface area contributed by atoms with Crippen molar-refractivity contribution >= 4 is 12.0 Å². The molecule has 192 valence electrons. The van der Waals surface area contributed by atoms with Gasteiger partial charge in [-0.25, -0.2) is 0 Å². The van der Waals surface area contributed by atoms with Crippen LogP contribution in [-0.2, 0) is 18.3 Å². The fourth-order valence-electron chi connectivity index (χ4n) is 5.63. The maximum atomic E-state index is 12.4. The third kappa shape index (κ3) is 5.12. The van der Waals surface area contributed by atoms with E-state index >= 15 is 0 Å². The Balaban J connectivity index is 1.21. The molecular weight excluding hydrogens is 462 g/mol. The van der Waals surface area contributed by atoms with Gasteiger partial charge in [-0.2, -0.15) is 0 Å². The summed E-state index contributed by atoms with van der Waals surface area (Å²) in [5.74, 6) is 1.01. The molecule has 1 aromatic heterocycles. The normalized spacial score (nSPS) is 19.2. The van der Waals surface area contributed by atoms with Crippen LogP contribution in [0.3, 0.4) is 0 Å². The lowest BCUT2D eigenvalue weighted by molar-refractivity contribution is -0.133. The van der Waals surface area contributed by atoms with E-state index in [4.69, 9.17) is 4.74 Å². The van der Waals surface area contributed by atoms with Crippen molar-refractivity contribution in [2.75, 3.05) is 26.2 Å². The highest BCUT2D eigenvalue weighted by atomic mass is 16.5. The molecule has 2 aliphatic rings. The first kappa shape index (κ1) is 25.0. The summed E-state index contributed by atoms with van der Waals surface area (Å²) in [5.41, 5.74) is 6.47. The summed E-state index contributed by atoms with van der Waals surface area (Å²) in [6, 6.07) is 17.4. The Kier molecular flexibility index (Phi) is 7.02. The molecule has 2 heterocycles. The van der Waals surface area contributed by atoms with Gasteiger partial charge in [-0.15, -0.1) is 0 Å². The molecule has 0 N–H and O–H groups in total. The zero-order valence-electron chi connectivity index (χ0n) is 22.1. The van der Waals surface area contributed by atoms with Crippen LogP contribution in [0.2, 0.25) is 0 Å². The van der Waals surface area contributed by atoms with Gasteiger partial charge in [0.05, 0.1) is 0 Å². The zero-order valence-corrected chi connectivity index (χ0v) is 22.1. The number of rotatable bonds is 6. The van der Waals surface area contributed by atoms with Crippen molar-refractivity contribution in [1.82, 2.24) is 14.4 Å². The predicted octanol–water partition coefficient (Wildman–Crippen LogP) is 4.61. The van der Waals surface area contributed by atoms with Gasteiger partial charge in [0.15, 0.2) is 0 Å². The Hall–Kier alpha value is -3.64. The van der Waals surface area contributed by atoms with Crippen molar-refractivity contribution in [2.24, 2.45) is 7.05 Å². The van der Waals surface area contributed by atoms with Gasteiger partial charge in [-0.1, -0.05) is 48.6 Å². The second kappa shape index (κ2) is 10.4. The summed E-state index contributed by atoms with van der Waals surface area (Å²) in [6.07, 6.45) is 6.76. The first-order valence-electron chi connectivity index (χ1n) is 13.1. The summed E-state index contributed by atoms with van der Waals surface area (Å²) in [7, 11) is 1.82. The predicted molar refractivity (Wildman–Crippen MR) is 149 cm³/mol. The Morgan fingerprint density at radius 1 is 0.946 bits per heavy atom. The van der Waals surface area contributed by atoms with Crippen LogP contribution in [0, 0.1) is 0 Å². The van der Waals surface area contributed by atoms with Crippen LogP contribution in [0.4, 0.5) is 0 Å². The lowest BCUT2D eigenvalue weighted by atomic mass is 9.97. The van der Waals surface area contributed by atoms with Gasteiger partial charge in [-0.05, 0) is 54.7 Å².